The molecule has 1 unspecified atom stereocenters. The van der Waals surface area contributed by atoms with Crippen molar-refractivity contribution >= 4 is 0 Å². The molecule has 2 heterocycles. The lowest BCUT2D eigenvalue weighted by Crippen LogP contribution is -2.39. The van der Waals surface area contributed by atoms with Crippen LogP contribution in [0.4, 0.5) is 0 Å². The average Bonchev–Trinajstić information content (AvgIpc) is 2.69. The number of aromatic nitrogens is 1. The molecule has 1 saturated heterocycles. The average molecular weight is 342 g/mol. The Labute approximate surface area is 149 Å². The summed E-state index contributed by atoms with van der Waals surface area (Å²) in [4.78, 5) is 6.71. The molecule has 25 heavy (non-hydrogen) atoms. The van der Waals surface area contributed by atoms with Crippen LogP contribution in [0.25, 0.3) is 0 Å². The van der Waals surface area contributed by atoms with Crippen molar-refractivity contribution in [1.29, 1.82) is 0 Å². The summed E-state index contributed by atoms with van der Waals surface area (Å²) in [5, 5.41) is 0. The van der Waals surface area contributed by atoms with Gasteiger partial charge in [-0.15, -0.1) is 0 Å². The molecule has 1 aliphatic heterocycles. The van der Waals surface area contributed by atoms with Gasteiger partial charge >= 0.3 is 0 Å². The highest BCUT2D eigenvalue weighted by Crippen LogP contribution is 2.38. The summed E-state index contributed by atoms with van der Waals surface area (Å²) in [5.41, 5.74) is 1.26. The van der Waals surface area contributed by atoms with Gasteiger partial charge in [-0.2, -0.15) is 0 Å². The van der Waals surface area contributed by atoms with Crippen molar-refractivity contribution in [3.8, 4) is 17.2 Å². The summed E-state index contributed by atoms with van der Waals surface area (Å²) < 4.78 is 17.1. The van der Waals surface area contributed by atoms with Crippen LogP contribution in [0.1, 0.15) is 31.4 Å². The van der Waals surface area contributed by atoms with Crippen LogP contribution in [-0.2, 0) is 0 Å². The quantitative estimate of drug-likeness (QED) is 0.801. The molecule has 134 valence electrons. The van der Waals surface area contributed by atoms with Crippen molar-refractivity contribution in [2.24, 2.45) is 0 Å². The molecule has 1 aromatic carbocycles. The minimum atomic E-state index is 0.169. The Bertz CT molecular complexity index is 648. The third-order valence-corrected chi connectivity index (χ3v) is 4.86. The topological polar surface area (TPSA) is 43.8 Å². The van der Waals surface area contributed by atoms with Crippen molar-refractivity contribution in [2.45, 2.75) is 31.9 Å². The lowest BCUT2D eigenvalue weighted by Gasteiger charge is -2.36. The van der Waals surface area contributed by atoms with E-state index in [0.717, 1.165) is 25.9 Å². The van der Waals surface area contributed by atoms with Crippen molar-refractivity contribution in [3.05, 3.63) is 48.3 Å². The standard InChI is InChI=1S/C20H26N2O3/c1-15(16-6-5-11-21-14-16)22-12-9-17(10-13-22)25-20-18(23-2)7-4-8-19(20)24-3/h4-8,11,14-15,17H,9-10,12-13H2,1-3H3. The van der Waals surface area contributed by atoms with Gasteiger partial charge < -0.3 is 14.2 Å². The van der Waals surface area contributed by atoms with Crippen molar-refractivity contribution < 1.29 is 14.2 Å². The van der Waals surface area contributed by atoms with E-state index in [1.807, 2.05) is 36.7 Å². The van der Waals surface area contributed by atoms with Crippen LogP contribution in [-0.4, -0.2) is 43.3 Å². The van der Waals surface area contributed by atoms with E-state index in [4.69, 9.17) is 14.2 Å². The second kappa shape index (κ2) is 8.21. The maximum atomic E-state index is 6.24. The molecular formula is C20H26N2O3. The molecule has 0 aliphatic carbocycles. The molecular weight excluding hydrogens is 316 g/mol. The minimum Gasteiger partial charge on any atom is -0.493 e. The normalized spacial score (nSPS) is 17.1. The molecule has 1 atom stereocenters. The van der Waals surface area contributed by atoms with Gasteiger partial charge in [-0.1, -0.05) is 12.1 Å². The number of nitrogens with zero attached hydrogens (tertiary/aromatic N) is 2. The number of ether oxygens (including phenoxy) is 3. The first kappa shape index (κ1) is 17.5. The first-order valence-corrected chi connectivity index (χ1v) is 8.74. The summed E-state index contributed by atoms with van der Waals surface area (Å²) in [6, 6.07) is 10.2. The molecule has 0 N–H and O–H groups in total. The van der Waals surface area contributed by atoms with Gasteiger partial charge in [-0.25, -0.2) is 0 Å². The van der Waals surface area contributed by atoms with Crippen LogP contribution in [0.3, 0.4) is 0 Å². The number of pyridine rings is 1. The van der Waals surface area contributed by atoms with Gasteiger partial charge in [0.1, 0.15) is 6.10 Å². The molecule has 0 amide bonds. The zero-order valence-corrected chi connectivity index (χ0v) is 15.1. The van der Waals surface area contributed by atoms with E-state index in [0.29, 0.717) is 23.3 Å². The molecule has 0 bridgehead atoms. The molecule has 0 spiro atoms. The van der Waals surface area contributed by atoms with E-state index in [9.17, 15) is 0 Å². The van der Waals surface area contributed by atoms with Gasteiger partial charge in [-0.05, 0) is 43.5 Å². The third kappa shape index (κ3) is 4.04. The van der Waals surface area contributed by atoms with Gasteiger partial charge in [0.05, 0.1) is 14.2 Å². The summed E-state index contributed by atoms with van der Waals surface area (Å²) >= 11 is 0. The second-order valence-electron chi connectivity index (χ2n) is 6.31. The zero-order valence-electron chi connectivity index (χ0n) is 15.1. The van der Waals surface area contributed by atoms with Crippen LogP contribution < -0.4 is 14.2 Å². The van der Waals surface area contributed by atoms with Crippen LogP contribution in [0, 0.1) is 0 Å². The van der Waals surface area contributed by atoms with Crippen LogP contribution in [0.5, 0.6) is 17.2 Å². The Balaban J connectivity index is 1.62. The minimum absolute atomic E-state index is 0.169. The van der Waals surface area contributed by atoms with Gasteiger partial charge in [0, 0.05) is 31.5 Å². The smallest absolute Gasteiger partial charge is 0.203 e. The van der Waals surface area contributed by atoms with Crippen LogP contribution in [0.15, 0.2) is 42.7 Å². The highest BCUT2D eigenvalue weighted by Gasteiger charge is 2.26. The molecule has 1 aliphatic rings. The number of rotatable bonds is 6. The Morgan fingerprint density at radius 3 is 2.28 bits per heavy atom. The monoisotopic (exact) mass is 342 g/mol. The summed E-state index contributed by atoms with van der Waals surface area (Å²) in [6.07, 6.45) is 5.89. The maximum Gasteiger partial charge on any atom is 0.203 e. The number of hydrogen-bond donors (Lipinski definition) is 0. The van der Waals surface area contributed by atoms with E-state index >= 15 is 0 Å². The summed E-state index contributed by atoms with van der Waals surface area (Å²) in [5.74, 6) is 2.13. The fraction of sp³-hybridized carbons (Fsp3) is 0.450. The zero-order chi connectivity index (χ0) is 17.6. The van der Waals surface area contributed by atoms with Gasteiger partial charge in [0.25, 0.3) is 0 Å². The molecule has 5 heteroatoms. The Hall–Kier alpha value is -2.27. The highest BCUT2D eigenvalue weighted by atomic mass is 16.5. The lowest BCUT2D eigenvalue weighted by molar-refractivity contribution is 0.0757. The van der Waals surface area contributed by atoms with E-state index in [-0.39, 0.29) is 6.10 Å². The first-order valence-electron chi connectivity index (χ1n) is 8.74. The van der Waals surface area contributed by atoms with E-state index in [1.54, 1.807) is 14.2 Å². The number of benzene rings is 1. The van der Waals surface area contributed by atoms with Crippen molar-refractivity contribution in [2.75, 3.05) is 27.3 Å². The second-order valence-corrected chi connectivity index (χ2v) is 6.31. The van der Waals surface area contributed by atoms with E-state index in [1.165, 1.54) is 5.56 Å². The first-order chi connectivity index (χ1) is 12.2. The Kier molecular flexibility index (Phi) is 5.76. The fourth-order valence-electron chi connectivity index (χ4n) is 3.31. The molecule has 5 nitrogen and oxygen atoms in total. The van der Waals surface area contributed by atoms with Crippen molar-refractivity contribution in [3.63, 3.8) is 0 Å². The van der Waals surface area contributed by atoms with Gasteiger partial charge in [0.2, 0.25) is 5.75 Å². The Morgan fingerprint density at radius 1 is 1.04 bits per heavy atom. The number of para-hydroxylation sites is 1. The molecule has 1 aromatic heterocycles. The molecule has 0 radical (unpaired) electrons. The van der Waals surface area contributed by atoms with Gasteiger partial charge in [0.15, 0.2) is 11.5 Å². The largest absolute Gasteiger partial charge is 0.493 e. The number of likely N-dealkylation sites (tertiary alicyclic amines) is 1. The van der Waals surface area contributed by atoms with Gasteiger partial charge in [-0.3, -0.25) is 9.88 Å². The SMILES string of the molecule is COc1cccc(OC)c1OC1CCN(C(C)c2cccnc2)CC1. The fourth-order valence-corrected chi connectivity index (χ4v) is 3.31. The summed E-state index contributed by atoms with van der Waals surface area (Å²) in [7, 11) is 3.31. The molecule has 2 aromatic rings. The predicted molar refractivity (Wildman–Crippen MR) is 97.4 cm³/mol. The highest BCUT2D eigenvalue weighted by molar-refractivity contribution is 5.51. The Morgan fingerprint density at radius 2 is 1.72 bits per heavy atom. The van der Waals surface area contributed by atoms with Crippen LogP contribution in [0.2, 0.25) is 0 Å². The van der Waals surface area contributed by atoms with E-state index in [2.05, 4.69) is 22.9 Å². The molecule has 3 rings (SSSR count). The number of piperidine rings is 1. The van der Waals surface area contributed by atoms with Crippen molar-refractivity contribution in [1.82, 2.24) is 9.88 Å². The molecule has 1 fully saturated rings. The summed E-state index contributed by atoms with van der Waals surface area (Å²) in [6.45, 7) is 4.23. The van der Waals surface area contributed by atoms with Crippen LogP contribution >= 0.6 is 0 Å². The predicted octanol–water partition coefficient (Wildman–Crippen LogP) is 3.70. The maximum absolute atomic E-state index is 6.24. The third-order valence-electron chi connectivity index (χ3n) is 4.86. The lowest BCUT2D eigenvalue weighted by atomic mass is 10.0. The number of methoxy groups -OCH3 is 2. The van der Waals surface area contributed by atoms with E-state index < -0.39 is 0 Å². The molecule has 0 saturated carbocycles. The number of hydrogen-bond acceptors (Lipinski definition) is 5.